The number of nitrogens with two attached hydrogens (primary N) is 1. The van der Waals surface area contributed by atoms with E-state index in [0.29, 0.717) is 24.6 Å². The molecule has 1 aromatic heterocycles. The largest absolute Gasteiger partial charge is 0.497 e. The molecular formula is C16H23N3O2. The Morgan fingerprint density at radius 3 is 2.48 bits per heavy atom. The van der Waals surface area contributed by atoms with Crippen LogP contribution in [0.1, 0.15) is 38.0 Å². The van der Waals surface area contributed by atoms with Crippen LogP contribution in [0.2, 0.25) is 0 Å². The van der Waals surface area contributed by atoms with Crippen LogP contribution in [-0.2, 0) is 12.8 Å². The molecule has 1 unspecified atom stereocenters. The Kier molecular flexibility index (Phi) is 4.63. The Morgan fingerprint density at radius 2 is 1.90 bits per heavy atom. The molecule has 5 heteroatoms. The first-order chi connectivity index (χ1) is 9.88. The van der Waals surface area contributed by atoms with Gasteiger partial charge in [0, 0.05) is 18.9 Å². The highest BCUT2D eigenvalue weighted by Crippen LogP contribution is 2.20. The molecular weight excluding hydrogens is 266 g/mol. The Morgan fingerprint density at radius 1 is 1.24 bits per heavy atom. The maximum Gasteiger partial charge on any atom is 0.228 e. The first-order valence-corrected chi connectivity index (χ1v) is 7.08. The van der Waals surface area contributed by atoms with Gasteiger partial charge in [-0.3, -0.25) is 0 Å². The van der Waals surface area contributed by atoms with Gasteiger partial charge in [-0.05, 0) is 23.1 Å². The monoisotopic (exact) mass is 289 g/mol. The van der Waals surface area contributed by atoms with Crippen LogP contribution in [0.15, 0.2) is 28.8 Å². The molecule has 0 aliphatic heterocycles. The van der Waals surface area contributed by atoms with Crippen molar-refractivity contribution in [1.29, 1.82) is 0 Å². The highest BCUT2D eigenvalue weighted by atomic mass is 16.5. The molecule has 0 fully saturated rings. The summed E-state index contributed by atoms with van der Waals surface area (Å²) < 4.78 is 10.4. The molecule has 2 aromatic rings. The molecule has 21 heavy (non-hydrogen) atoms. The van der Waals surface area contributed by atoms with E-state index in [1.807, 2.05) is 24.3 Å². The number of benzene rings is 1. The fourth-order valence-electron chi connectivity index (χ4n) is 1.87. The van der Waals surface area contributed by atoms with Gasteiger partial charge in [0.15, 0.2) is 5.82 Å². The molecule has 5 nitrogen and oxygen atoms in total. The standard InChI is InChI=1S/C16H23N3O2/c1-16(2,3)13(17)10-15-18-14(19-21-15)9-11-5-7-12(20-4)8-6-11/h5-8,13H,9-10,17H2,1-4H3. The summed E-state index contributed by atoms with van der Waals surface area (Å²) in [6.07, 6.45) is 1.23. The number of methoxy groups -OCH3 is 1. The number of hydrogen-bond donors (Lipinski definition) is 1. The van der Waals surface area contributed by atoms with Gasteiger partial charge in [0.25, 0.3) is 0 Å². The molecule has 0 aliphatic rings. The van der Waals surface area contributed by atoms with Gasteiger partial charge in [0.2, 0.25) is 5.89 Å². The van der Waals surface area contributed by atoms with Gasteiger partial charge in [-0.1, -0.05) is 38.1 Å². The molecule has 1 atom stereocenters. The van der Waals surface area contributed by atoms with Crippen molar-refractivity contribution in [1.82, 2.24) is 10.1 Å². The summed E-state index contributed by atoms with van der Waals surface area (Å²) in [5.74, 6) is 2.11. The smallest absolute Gasteiger partial charge is 0.228 e. The zero-order chi connectivity index (χ0) is 15.5. The SMILES string of the molecule is COc1ccc(Cc2noc(CC(N)C(C)(C)C)n2)cc1. The van der Waals surface area contributed by atoms with E-state index in [1.54, 1.807) is 7.11 Å². The number of rotatable bonds is 5. The van der Waals surface area contributed by atoms with Gasteiger partial charge in [-0.25, -0.2) is 0 Å². The van der Waals surface area contributed by atoms with Gasteiger partial charge < -0.3 is 15.0 Å². The van der Waals surface area contributed by atoms with Crippen LogP contribution in [0.4, 0.5) is 0 Å². The lowest BCUT2D eigenvalue weighted by Gasteiger charge is -2.25. The van der Waals surface area contributed by atoms with Crippen molar-refractivity contribution in [3.63, 3.8) is 0 Å². The normalized spacial score (nSPS) is 13.2. The minimum absolute atomic E-state index is 0.00761. The zero-order valence-electron chi connectivity index (χ0n) is 13.1. The van der Waals surface area contributed by atoms with Gasteiger partial charge >= 0.3 is 0 Å². The van der Waals surface area contributed by atoms with Gasteiger partial charge in [0.1, 0.15) is 5.75 Å². The number of nitrogens with zero attached hydrogens (tertiary/aromatic N) is 2. The van der Waals surface area contributed by atoms with Crippen LogP contribution in [-0.4, -0.2) is 23.3 Å². The highest BCUT2D eigenvalue weighted by molar-refractivity contribution is 5.28. The maximum absolute atomic E-state index is 6.13. The molecule has 0 radical (unpaired) electrons. The van der Waals surface area contributed by atoms with E-state index in [-0.39, 0.29) is 11.5 Å². The molecule has 2 N–H and O–H groups in total. The Balaban J connectivity index is 1.99. The van der Waals surface area contributed by atoms with E-state index in [9.17, 15) is 0 Å². The first kappa shape index (κ1) is 15.5. The quantitative estimate of drug-likeness (QED) is 0.915. The zero-order valence-corrected chi connectivity index (χ0v) is 13.1. The second kappa shape index (κ2) is 6.26. The van der Waals surface area contributed by atoms with Crippen molar-refractivity contribution in [3.05, 3.63) is 41.5 Å². The summed E-state index contributed by atoms with van der Waals surface area (Å²) in [7, 11) is 1.65. The van der Waals surface area contributed by atoms with E-state index < -0.39 is 0 Å². The predicted octanol–water partition coefficient (Wildman–Crippen LogP) is 2.58. The van der Waals surface area contributed by atoms with Crippen LogP contribution in [0.5, 0.6) is 5.75 Å². The van der Waals surface area contributed by atoms with Crippen molar-refractivity contribution in [2.24, 2.45) is 11.1 Å². The van der Waals surface area contributed by atoms with Crippen molar-refractivity contribution >= 4 is 0 Å². The average Bonchev–Trinajstić information content (AvgIpc) is 2.86. The summed E-state index contributed by atoms with van der Waals surface area (Å²) in [4.78, 5) is 4.41. The molecule has 0 saturated carbocycles. The molecule has 2 rings (SSSR count). The topological polar surface area (TPSA) is 74.2 Å². The molecule has 0 aliphatic carbocycles. The van der Waals surface area contributed by atoms with E-state index in [4.69, 9.17) is 15.0 Å². The van der Waals surface area contributed by atoms with Crippen LogP contribution in [0.25, 0.3) is 0 Å². The molecule has 0 spiro atoms. The predicted molar refractivity (Wildman–Crippen MR) is 81.2 cm³/mol. The van der Waals surface area contributed by atoms with Gasteiger partial charge in [-0.15, -0.1) is 0 Å². The summed E-state index contributed by atoms with van der Waals surface area (Å²) in [5.41, 5.74) is 7.27. The molecule has 0 amide bonds. The van der Waals surface area contributed by atoms with E-state index in [0.717, 1.165) is 11.3 Å². The minimum atomic E-state index is -0.00761. The lowest BCUT2D eigenvalue weighted by atomic mass is 9.85. The van der Waals surface area contributed by atoms with Crippen molar-refractivity contribution in [2.45, 2.75) is 39.7 Å². The lowest BCUT2D eigenvalue weighted by Crippen LogP contribution is -2.37. The van der Waals surface area contributed by atoms with Crippen molar-refractivity contribution < 1.29 is 9.26 Å². The minimum Gasteiger partial charge on any atom is -0.497 e. The second-order valence-corrected chi connectivity index (χ2v) is 6.31. The van der Waals surface area contributed by atoms with Crippen LogP contribution < -0.4 is 10.5 Å². The molecule has 114 valence electrons. The second-order valence-electron chi connectivity index (χ2n) is 6.31. The number of hydrogen-bond acceptors (Lipinski definition) is 5. The molecule has 1 aromatic carbocycles. The fraction of sp³-hybridized carbons (Fsp3) is 0.500. The van der Waals surface area contributed by atoms with E-state index >= 15 is 0 Å². The van der Waals surface area contributed by atoms with Gasteiger partial charge in [-0.2, -0.15) is 4.98 Å². The third-order valence-electron chi connectivity index (χ3n) is 3.54. The number of ether oxygens (including phenoxy) is 1. The Hall–Kier alpha value is -1.88. The molecule has 1 heterocycles. The summed E-state index contributed by atoms with van der Waals surface area (Å²) >= 11 is 0. The fourth-order valence-corrected chi connectivity index (χ4v) is 1.87. The van der Waals surface area contributed by atoms with Crippen LogP contribution >= 0.6 is 0 Å². The Labute approximate surface area is 125 Å². The van der Waals surface area contributed by atoms with Crippen LogP contribution in [0.3, 0.4) is 0 Å². The summed E-state index contributed by atoms with van der Waals surface area (Å²) in [6, 6.07) is 7.83. The summed E-state index contributed by atoms with van der Waals surface area (Å²) in [5, 5.41) is 4.02. The molecule has 0 saturated heterocycles. The number of aromatic nitrogens is 2. The highest BCUT2D eigenvalue weighted by Gasteiger charge is 2.23. The van der Waals surface area contributed by atoms with Crippen molar-refractivity contribution in [3.8, 4) is 5.75 Å². The maximum atomic E-state index is 6.13. The van der Waals surface area contributed by atoms with E-state index in [1.165, 1.54) is 0 Å². The van der Waals surface area contributed by atoms with Crippen LogP contribution in [0, 0.1) is 5.41 Å². The average molecular weight is 289 g/mol. The lowest BCUT2D eigenvalue weighted by molar-refractivity contribution is 0.285. The van der Waals surface area contributed by atoms with E-state index in [2.05, 4.69) is 30.9 Å². The Bertz CT molecular complexity index is 570. The first-order valence-electron chi connectivity index (χ1n) is 7.08. The third-order valence-corrected chi connectivity index (χ3v) is 3.54. The van der Waals surface area contributed by atoms with Gasteiger partial charge in [0.05, 0.1) is 7.11 Å². The molecule has 0 bridgehead atoms. The summed E-state index contributed by atoms with van der Waals surface area (Å²) in [6.45, 7) is 6.31. The van der Waals surface area contributed by atoms with Crippen molar-refractivity contribution in [2.75, 3.05) is 7.11 Å². The third kappa shape index (κ3) is 4.29.